The second kappa shape index (κ2) is 13.3. The van der Waals surface area contributed by atoms with Crippen LogP contribution in [0.5, 0.6) is 0 Å². The molecule has 12 heteroatoms. The van der Waals surface area contributed by atoms with E-state index in [0.29, 0.717) is 0 Å². The van der Waals surface area contributed by atoms with Crippen molar-refractivity contribution in [3.8, 4) is 0 Å². The predicted octanol–water partition coefficient (Wildman–Crippen LogP) is 2.06. The quantitative estimate of drug-likeness (QED) is 0.237. The normalized spacial score (nSPS) is 15.4. The average Bonchev–Trinajstić information content (AvgIpc) is 2.64. The van der Waals surface area contributed by atoms with Gasteiger partial charge in [-0.15, -0.1) is 0 Å². The number of rotatable bonds is 9. The van der Waals surface area contributed by atoms with Crippen LogP contribution < -0.4 is 10.6 Å². The number of alkyl carbamates (subject to hydrolysis) is 2. The Balaban J connectivity index is 5.19. The molecule has 0 aliphatic rings. The summed E-state index contributed by atoms with van der Waals surface area (Å²) in [4.78, 5) is 48.3. The molecule has 0 aliphatic carbocycles. The molecule has 2 N–H and O–H groups in total. The summed E-state index contributed by atoms with van der Waals surface area (Å²) in [6, 6.07) is -1.78. The number of hydrogen-bond donors (Lipinski definition) is 2. The van der Waals surface area contributed by atoms with Crippen LogP contribution in [0.3, 0.4) is 0 Å². The molecule has 186 valence electrons. The van der Waals surface area contributed by atoms with Crippen molar-refractivity contribution in [2.24, 2.45) is 0 Å². The Hall–Kier alpha value is -1.48. The fourth-order valence-electron chi connectivity index (χ4n) is 2.15. The summed E-state index contributed by atoms with van der Waals surface area (Å²) < 4.78 is 20.1. The van der Waals surface area contributed by atoms with E-state index in [0.717, 1.165) is 0 Å². The number of amides is 2. The standard InChI is InChI=1S/C20H36N2O8Se2/c1-11(13(15(23)27-9)21-17(25)29-19(3,4)5)31-32-12(2)14(16(24)28-10)22-18(26)30-20(6,7)8/h11-14H,1-10H3,(H,21,25)(H,22,26)/t11-,12-,13+,14+/m1/s1. The fraction of sp³-hybridized carbons (Fsp3) is 0.800. The van der Waals surface area contributed by atoms with Crippen LogP contribution in [0.1, 0.15) is 55.4 Å². The van der Waals surface area contributed by atoms with Gasteiger partial charge in [-0.25, -0.2) is 0 Å². The van der Waals surface area contributed by atoms with Gasteiger partial charge < -0.3 is 0 Å². The molecule has 0 aromatic rings. The van der Waals surface area contributed by atoms with Crippen molar-refractivity contribution in [2.45, 2.75) is 88.3 Å². The van der Waals surface area contributed by atoms with Gasteiger partial charge in [0.25, 0.3) is 0 Å². The van der Waals surface area contributed by atoms with Gasteiger partial charge in [0, 0.05) is 0 Å². The van der Waals surface area contributed by atoms with Crippen LogP contribution in [-0.2, 0) is 28.5 Å². The molecule has 0 aromatic carbocycles. The van der Waals surface area contributed by atoms with E-state index in [1.54, 1.807) is 41.5 Å². The molecule has 0 fully saturated rings. The molecule has 0 bridgehead atoms. The molecule has 0 saturated carbocycles. The summed E-state index contributed by atoms with van der Waals surface area (Å²) in [6.45, 7) is 14.0. The van der Waals surface area contributed by atoms with Gasteiger partial charge in [0.2, 0.25) is 0 Å². The van der Waals surface area contributed by atoms with Crippen LogP contribution in [0, 0.1) is 0 Å². The van der Waals surface area contributed by atoms with Gasteiger partial charge in [0.1, 0.15) is 0 Å². The molecule has 0 unspecified atom stereocenters. The van der Waals surface area contributed by atoms with Gasteiger partial charge in [-0.3, -0.25) is 0 Å². The number of methoxy groups -OCH3 is 2. The molecular weight excluding hydrogens is 554 g/mol. The molecule has 4 atom stereocenters. The van der Waals surface area contributed by atoms with Gasteiger partial charge in [0.05, 0.1) is 0 Å². The van der Waals surface area contributed by atoms with Gasteiger partial charge in [0.15, 0.2) is 0 Å². The first kappa shape index (κ1) is 30.5. The van der Waals surface area contributed by atoms with E-state index in [4.69, 9.17) is 18.9 Å². The number of hydrogen-bond acceptors (Lipinski definition) is 8. The second-order valence-electron chi connectivity index (χ2n) is 8.90. The molecule has 2 amide bonds. The Morgan fingerprint density at radius 3 is 1.16 bits per heavy atom. The molecule has 10 nitrogen and oxygen atoms in total. The number of carbonyl (C=O) groups excluding carboxylic acids is 4. The zero-order valence-electron chi connectivity index (χ0n) is 20.4. The van der Waals surface area contributed by atoms with Crippen molar-refractivity contribution in [3.05, 3.63) is 0 Å². The SMILES string of the molecule is COC(=O)[C@@H](NC(=O)OC(C)(C)C)[C@@H](C)[Se][Se][C@H](C)[C@H](NC(=O)OC(C)(C)C)C(=O)OC. The van der Waals surface area contributed by atoms with E-state index in [2.05, 4.69) is 10.6 Å². The molecule has 0 saturated heterocycles. The second-order valence-corrected chi connectivity index (χ2v) is 17.0. The molecule has 0 radical (unpaired) electrons. The Kier molecular flexibility index (Phi) is 12.7. The molecule has 0 aliphatic heterocycles. The van der Waals surface area contributed by atoms with Crippen molar-refractivity contribution in [2.75, 3.05) is 14.2 Å². The van der Waals surface area contributed by atoms with Crippen LogP contribution in [0.4, 0.5) is 9.59 Å². The third-order valence-corrected chi connectivity index (χ3v) is 14.0. The third kappa shape index (κ3) is 12.5. The summed E-state index contributed by atoms with van der Waals surface area (Å²) in [5, 5.41) is 5.15. The molecular formula is C20H36N2O8Se2. The maximum atomic E-state index is 12.2. The van der Waals surface area contributed by atoms with Crippen LogP contribution in [0.2, 0.25) is 9.63 Å². The summed E-state index contributed by atoms with van der Waals surface area (Å²) >= 11 is -0.301. The van der Waals surface area contributed by atoms with Crippen molar-refractivity contribution < 1.29 is 38.1 Å². The topological polar surface area (TPSA) is 129 Å². The summed E-state index contributed by atoms with van der Waals surface area (Å²) in [5.41, 5.74) is -1.42. The zero-order chi connectivity index (χ0) is 25.3. The maximum absolute atomic E-state index is 12.2. The Bertz CT molecular complexity index is 605. The third-order valence-electron chi connectivity index (χ3n) is 3.55. The van der Waals surface area contributed by atoms with Crippen molar-refractivity contribution in [1.29, 1.82) is 0 Å². The van der Waals surface area contributed by atoms with Crippen LogP contribution in [-0.4, -0.2) is 87.9 Å². The zero-order valence-corrected chi connectivity index (χ0v) is 23.8. The monoisotopic (exact) mass is 592 g/mol. The first-order chi connectivity index (χ1) is 14.5. The van der Waals surface area contributed by atoms with Crippen LogP contribution in [0.25, 0.3) is 0 Å². The van der Waals surface area contributed by atoms with Gasteiger partial charge in [-0.2, -0.15) is 0 Å². The van der Waals surface area contributed by atoms with E-state index in [9.17, 15) is 19.2 Å². The molecule has 0 aromatic heterocycles. The van der Waals surface area contributed by atoms with Crippen molar-refractivity contribution in [1.82, 2.24) is 10.6 Å². The number of ether oxygens (including phenoxy) is 4. The molecule has 0 heterocycles. The summed E-state index contributed by atoms with van der Waals surface area (Å²) in [5.74, 6) is -1.16. The van der Waals surface area contributed by atoms with Gasteiger partial charge in [-0.05, 0) is 0 Å². The van der Waals surface area contributed by atoms with E-state index in [-0.39, 0.29) is 35.9 Å². The first-order valence-electron chi connectivity index (χ1n) is 9.97. The molecule has 32 heavy (non-hydrogen) atoms. The van der Waals surface area contributed by atoms with Crippen molar-refractivity contribution >= 4 is 50.4 Å². The first-order valence-corrected chi connectivity index (χ1v) is 16.3. The van der Waals surface area contributed by atoms with E-state index >= 15 is 0 Å². The average molecular weight is 590 g/mol. The minimum atomic E-state index is -0.890. The Morgan fingerprint density at radius 1 is 0.656 bits per heavy atom. The van der Waals surface area contributed by atoms with Gasteiger partial charge in [-0.1, -0.05) is 0 Å². The van der Waals surface area contributed by atoms with Crippen LogP contribution >= 0.6 is 0 Å². The number of esters is 2. The predicted molar refractivity (Wildman–Crippen MR) is 121 cm³/mol. The Labute approximate surface area is 201 Å². The number of nitrogens with one attached hydrogen (secondary N) is 2. The molecule has 0 spiro atoms. The van der Waals surface area contributed by atoms with Crippen LogP contribution in [0.15, 0.2) is 0 Å². The van der Waals surface area contributed by atoms with E-state index in [1.807, 2.05) is 13.8 Å². The molecule has 0 rings (SSSR count). The van der Waals surface area contributed by atoms with E-state index in [1.165, 1.54) is 14.2 Å². The van der Waals surface area contributed by atoms with Crippen molar-refractivity contribution in [3.63, 3.8) is 0 Å². The minimum absolute atomic E-state index is 0.151. The summed E-state index contributed by atoms with van der Waals surface area (Å²) in [7, 11) is 2.50. The summed E-state index contributed by atoms with van der Waals surface area (Å²) in [6.07, 6.45) is -1.43. The van der Waals surface area contributed by atoms with E-state index < -0.39 is 47.4 Å². The van der Waals surface area contributed by atoms with Gasteiger partial charge >= 0.3 is 202 Å². The number of carbonyl (C=O) groups is 4. The fourth-order valence-corrected chi connectivity index (χ4v) is 10.3. The Morgan fingerprint density at radius 2 is 0.938 bits per heavy atom.